The van der Waals surface area contributed by atoms with Crippen molar-refractivity contribution in [1.82, 2.24) is 0 Å². The maximum absolute atomic E-state index is 3.06. The van der Waals surface area contributed by atoms with E-state index in [0.717, 1.165) is 17.4 Å². The van der Waals surface area contributed by atoms with Gasteiger partial charge in [0.1, 0.15) is 0 Å². The van der Waals surface area contributed by atoms with Crippen molar-refractivity contribution in [2.75, 3.05) is 7.05 Å². The van der Waals surface area contributed by atoms with Crippen molar-refractivity contribution >= 4 is 0 Å². The molecule has 10 saturated heterocycles. The van der Waals surface area contributed by atoms with Gasteiger partial charge in [0.2, 0.25) is 0 Å². The molecule has 0 aromatic rings. The molecule has 10 aliphatic heterocycles. The summed E-state index contributed by atoms with van der Waals surface area (Å²) in [5.74, 6) is 0. The van der Waals surface area contributed by atoms with Gasteiger partial charge in [0.25, 0.3) is 0 Å². The van der Waals surface area contributed by atoms with Crippen molar-refractivity contribution in [3.8, 4) is 0 Å². The van der Waals surface area contributed by atoms with Crippen molar-refractivity contribution < 1.29 is 35.8 Å². The van der Waals surface area contributed by atoms with Crippen LogP contribution in [-0.2, 0) is 6.51 Å². The van der Waals surface area contributed by atoms with Crippen LogP contribution in [0, 0.1) is 0 Å². The predicted octanol–water partition coefficient (Wildman–Crippen LogP) is -0.349. The summed E-state index contributed by atoms with van der Waals surface area (Å²) in [5, 5.41) is 2.84. The summed E-state index contributed by atoms with van der Waals surface area (Å²) >= 11 is 0. The normalized spacial score (nSPS) is 132. The monoisotopic (exact) mass is 385 g/mol. The second-order valence-corrected chi connectivity index (χ2v) is 34.7. The molecule has 0 amide bonds. The summed E-state index contributed by atoms with van der Waals surface area (Å²) < 4.78 is 3.98. The van der Waals surface area contributed by atoms with Gasteiger partial charge in [-0.15, -0.1) is 0 Å². The van der Waals surface area contributed by atoms with Gasteiger partial charge in [-0.25, -0.2) is 0 Å². The van der Waals surface area contributed by atoms with E-state index in [1.54, 1.807) is 0 Å². The molecule has 0 bridgehead atoms. The molecular weight excluding hydrogens is 365 g/mol. The van der Waals surface area contributed by atoms with Crippen LogP contribution in [0.1, 0.15) is 20.8 Å². The fourth-order valence-electron chi connectivity index (χ4n) is 21.7. The fourth-order valence-corrected chi connectivity index (χ4v) is 105. The first kappa shape index (κ1) is 7.85. The molecule has 0 aliphatic carbocycles. The number of halogens is 1. The van der Waals surface area contributed by atoms with Crippen LogP contribution in [0.2, 0.25) is 41.8 Å². The number of quaternary nitrogens is 1. The van der Waals surface area contributed by atoms with E-state index in [0.29, 0.717) is 0 Å². The Kier molecular flexibility index (Phi) is 0.262. The van der Waals surface area contributed by atoms with Crippen LogP contribution in [0.4, 0.5) is 0 Å². The first-order valence-electron chi connectivity index (χ1n) is 7.29. The van der Waals surface area contributed by atoms with Crippen molar-refractivity contribution in [3.05, 3.63) is 0 Å². The average Bonchev–Trinajstić information content (AvgIpc) is 3.22. The zero-order chi connectivity index (χ0) is 10.5. The van der Waals surface area contributed by atoms with Gasteiger partial charge < -0.3 is 24.0 Å². The summed E-state index contributed by atoms with van der Waals surface area (Å²) in [6.45, 7) is 5.45. The quantitative estimate of drug-likeness (QED) is 0.470. The Balaban J connectivity index is 0.000000625. The zero-order valence-corrected chi connectivity index (χ0v) is 14.0. The van der Waals surface area contributed by atoms with Gasteiger partial charge in [-0.05, 0) is 0 Å². The molecule has 0 radical (unpaired) electrons. The average molecular weight is 385 g/mol. The summed E-state index contributed by atoms with van der Waals surface area (Å²) in [6, 6.07) is 0. The van der Waals surface area contributed by atoms with Gasteiger partial charge in [0, 0.05) is 0 Å². The summed E-state index contributed by atoms with van der Waals surface area (Å²) in [4.78, 5) is 8.56. The zero-order valence-electron chi connectivity index (χ0n) is 10.8. The van der Waals surface area contributed by atoms with E-state index in [2.05, 4.69) is 33.1 Å². The van der Waals surface area contributed by atoms with Gasteiger partial charge in [-0.2, -0.15) is 0 Å². The Bertz CT molecular complexity index is 999. The van der Waals surface area contributed by atoms with Crippen molar-refractivity contribution in [2.45, 2.75) is 67.0 Å². The van der Waals surface area contributed by atoms with Crippen LogP contribution in [-0.4, -0.2) is 11.5 Å². The molecule has 96 valence electrons. The summed E-state index contributed by atoms with van der Waals surface area (Å²) in [5.41, 5.74) is 0. The molecule has 3 heteroatoms. The molecule has 2 N–H and O–H groups in total. The third-order valence-corrected chi connectivity index (χ3v) is 66.1. The molecule has 10 rings (SSSR count). The minimum absolute atomic E-state index is 0. The largest absolute Gasteiger partial charge is 1.00 e. The van der Waals surface area contributed by atoms with E-state index in [1.165, 1.54) is 28.9 Å². The molecule has 0 aromatic carbocycles. The molecule has 0 saturated carbocycles. The summed E-state index contributed by atoms with van der Waals surface area (Å²) in [6.07, 6.45) is 0. The molecule has 5 atom stereocenters. The van der Waals surface area contributed by atoms with Crippen LogP contribution in [0.25, 0.3) is 0 Å². The molecule has 1 spiro atoms. The van der Waals surface area contributed by atoms with Crippen LogP contribution >= 0.6 is 0 Å². The van der Waals surface area contributed by atoms with Gasteiger partial charge in [0.15, 0.2) is 0 Å². The van der Waals surface area contributed by atoms with Crippen LogP contribution < -0.4 is 29.3 Å². The van der Waals surface area contributed by atoms with Gasteiger partial charge in [0.05, 0.1) is 0 Å². The molecule has 10 heterocycles. The van der Waals surface area contributed by atoms with E-state index in [4.69, 9.17) is 0 Å². The molecule has 10 fully saturated rings. The minimum atomic E-state index is -3.06. The number of rotatable bonds is 1. The van der Waals surface area contributed by atoms with Gasteiger partial charge >= 0.3 is 85.9 Å². The Hall–Kier alpha value is 1.21. The van der Waals surface area contributed by atoms with Crippen LogP contribution in [0.15, 0.2) is 0 Å². The third-order valence-electron chi connectivity index (χ3n) is 18.2. The maximum Gasteiger partial charge on any atom is -1.00 e. The fraction of sp³-hybridized carbons (Fsp3) is 1.00. The molecule has 5 unspecified atom stereocenters. The standard InChI is InChI=1S/C9H15N.C5H5.Fe.HI/c1-6-5-9(10-4)8(3)7(6)2;1-2-4-5-3-1;;/h5H,10H2,1-4H3;1-5H;;1H/q+1;;;/p-1. The molecule has 10 aliphatic rings. The SMILES string of the molecule is C[NH2+][C]12[CH]3[C]4(C)[C]5(C)[C]1(C)[Fe]34251678[CH]2[CH]1[CH]6[CH]7[CH]28.[I-]. The molecular formula is C14H20FeIN. The van der Waals surface area contributed by atoms with Crippen molar-refractivity contribution in [3.63, 3.8) is 0 Å². The van der Waals surface area contributed by atoms with Crippen LogP contribution in [0.5, 0.6) is 0 Å². The van der Waals surface area contributed by atoms with Crippen LogP contribution in [0.3, 0.4) is 0 Å². The summed E-state index contributed by atoms with van der Waals surface area (Å²) in [7, 11) is 2.47. The second-order valence-electron chi connectivity index (χ2n) is 11.3. The predicted molar refractivity (Wildman–Crippen MR) is 58.2 cm³/mol. The smallest absolute Gasteiger partial charge is 1.00 e. The number of hydrogen-bond acceptors (Lipinski definition) is 0. The Labute approximate surface area is 109 Å². The Morgan fingerprint density at radius 2 is 1.35 bits per heavy atom. The van der Waals surface area contributed by atoms with Crippen molar-refractivity contribution in [1.29, 1.82) is 0 Å². The molecule has 17 heavy (non-hydrogen) atoms. The topological polar surface area (TPSA) is 16.6 Å². The number of fused-ring (bicyclic) bond motifs is 10. The Morgan fingerprint density at radius 3 is 1.41 bits per heavy atom. The first-order chi connectivity index (χ1) is 7.28. The van der Waals surface area contributed by atoms with Crippen molar-refractivity contribution in [2.24, 2.45) is 0 Å². The second kappa shape index (κ2) is 0.568. The van der Waals surface area contributed by atoms with E-state index < -0.39 is 6.51 Å². The van der Waals surface area contributed by atoms with Gasteiger partial charge in [-0.1, -0.05) is 0 Å². The third kappa shape index (κ3) is 0.0593. The first-order valence-corrected chi connectivity index (χ1v) is 13.3. The molecule has 1 nitrogen and oxygen atoms in total. The molecule has 0 aromatic heterocycles. The van der Waals surface area contributed by atoms with Gasteiger partial charge in [-0.3, -0.25) is 0 Å². The van der Waals surface area contributed by atoms with E-state index in [9.17, 15) is 0 Å². The number of nitrogens with two attached hydrogens (primary N) is 1. The van der Waals surface area contributed by atoms with E-state index in [-0.39, 0.29) is 24.0 Å². The minimum Gasteiger partial charge on any atom is -1.00 e. The number of hydrogen-bond donors (Lipinski definition) is 1. The maximum atomic E-state index is 2.84. The van der Waals surface area contributed by atoms with E-state index >= 15 is 0 Å². The van der Waals surface area contributed by atoms with E-state index in [1.807, 2.05) is 0 Å². The Morgan fingerprint density at radius 1 is 0.882 bits per heavy atom.